The molecule has 80 valence electrons. The second-order valence-electron chi connectivity index (χ2n) is 6.03. The molecule has 0 atom stereocenters. The van der Waals surface area contributed by atoms with Crippen LogP contribution in [0, 0.1) is 0 Å². The lowest BCUT2D eigenvalue weighted by Crippen LogP contribution is -2.44. The van der Waals surface area contributed by atoms with Gasteiger partial charge in [0.25, 0.3) is 0 Å². The monoisotopic (exact) mass is 224 g/mol. The summed E-state index contributed by atoms with van der Waals surface area (Å²) in [6.45, 7) is 3.84. The molecule has 2 rings (SSSR count). The van der Waals surface area contributed by atoms with Crippen LogP contribution in [0.15, 0.2) is 18.2 Å². The van der Waals surface area contributed by atoms with E-state index in [9.17, 15) is 0 Å². The highest BCUT2D eigenvalue weighted by Gasteiger charge is 2.38. The van der Waals surface area contributed by atoms with Crippen molar-refractivity contribution in [2.75, 3.05) is 0 Å². The molecule has 0 saturated carbocycles. The minimum atomic E-state index is -0.926. The topological polar surface area (TPSA) is 0 Å². The molecule has 0 nitrogen and oxygen atoms in total. The summed E-state index contributed by atoms with van der Waals surface area (Å²) in [5.74, 6) is 0. The SMILES string of the molecule is [B]C(C)(C)c1cccc2c1C([B])([B])CCC2([B])[B]. The van der Waals surface area contributed by atoms with E-state index in [1.165, 1.54) is 0 Å². The van der Waals surface area contributed by atoms with Crippen molar-refractivity contribution in [1.29, 1.82) is 0 Å². The van der Waals surface area contributed by atoms with E-state index in [1.807, 2.05) is 32.0 Å². The first kappa shape index (κ1) is 14.0. The van der Waals surface area contributed by atoms with Crippen LogP contribution in [0.25, 0.3) is 0 Å². The van der Waals surface area contributed by atoms with Crippen LogP contribution in [0.4, 0.5) is 0 Å². The zero-order valence-corrected chi connectivity index (χ0v) is 11.0. The van der Waals surface area contributed by atoms with Gasteiger partial charge in [0.05, 0.1) is 39.2 Å². The van der Waals surface area contributed by atoms with E-state index in [2.05, 4.69) is 0 Å². The first-order valence-corrected chi connectivity index (χ1v) is 6.14. The fraction of sp³-hybridized carbons (Fsp3) is 0.538. The molecule has 0 fully saturated rings. The van der Waals surface area contributed by atoms with Crippen LogP contribution in [0.3, 0.4) is 0 Å². The van der Waals surface area contributed by atoms with E-state index in [-0.39, 0.29) is 0 Å². The van der Waals surface area contributed by atoms with Gasteiger partial charge in [0, 0.05) is 0 Å². The van der Waals surface area contributed by atoms with E-state index in [0.717, 1.165) is 16.7 Å². The van der Waals surface area contributed by atoms with Gasteiger partial charge in [-0.3, -0.25) is 0 Å². The van der Waals surface area contributed by atoms with Gasteiger partial charge < -0.3 is 0 Å². The van der Waals surface area contributed by atoms with Gasteiger partial charge in [-0.1, -0.05) is 66.4 Å². The maximum Gasteiger partial charge on any atom is 0.0803 e. The van der Waals surface area contributed by atoms with Crippen molar-refractivity contribution in [2.24, 2.45) is 0 Å². The Kier molecular flexibility index (Phi) is 3.12. The molecule has 5 heteroatoms. The van der Waals surface area contributed by atoms with Gasteiger partial charge in [0.15, 0.2) is 0 Å². The molecule has 0 amide bonds. The Balaban J connectivity index is 2.76. The number of benzene rings is 1. The normalized spacial score (nSPS) is 21.2. The van der Waals surface area contributed by atoms with E-state index in [1.54, 1.807) is 0 Å². The van der Waals surface area contributed by atoms with Crippen molar-refractivity contribution >= 4 is 39.2 Å². The molecule has 0 bridgehead atoms. The van der Waals surface area contributed by atoms with Gasteiger partial charge in [-0.2, -0.15) is 0 Å². The smallest absolute Gasteiger partial charge is 0.0753 e. The summed E-state index contributed by atoms with van der Waals surface area (Å²) in [6, 6.07) is 5.73. The van der Waals surface area contributed by atoms with Gasteiger partial charge in [-0.25, -0.2) is 0 Å². The van der Waals surface area contributed by atoms with E-state index in [0.29, 0.717) is 12.8 Å². The summed E-state index contributed by atoms with van der Waals surface area (Å²) < 4.78 is 0. The minimum absolute atomic E-state index is 0.539. The van der Waals surface area contributed by atoms with Crippen LogP contribution in [0.5, 0.6) is 0 Å². The zero-order chi connectivity index (χ0) is 13.8. The molecular weight excluding hydrogens is 210 g/mol. The first-order chi connectivity index (χ1) is 8.06. The third-order valence-electron chi connectivity index (χ3n) is 3.68. The summed E-state index contributed by atoms with van der Waals surface area (Å²) in [5.41, 5.74) is 2.51. The highest BCUT2D eigenvalue weighted by atomic mass is 14.3. The average molecular weight is 223 g/mol. The second kappa shape index (κ2) is 4.02. The molecule has 0 aliphatic heterocycles. The van der Waals surface area contributed by atoms with Crippen molar-refractivity contribution in [2.45, 2.75) is 42.4 Å². The van der Waals surface area contributed by atoms with Crippen molar-refractivity contribution in [3.8, 4) is 0 Å². The number of rotatable bonds is 1. The predicted molar refractivity (Wildman–Crippen MR) is 80.8 cm³/mol. The number of fused-ring (bicyclic) bond motifs is 1. The van der Waals surface area contributed by atoms with Crippen molar-refractivity contribution < 1.29 is 0 Å². The van der Waals surface area contributed by atoms with E-state index in [4.69, 9.17) is 39.2 Å². The molecule has 0 unspecified atom stereocenters. The number of hydrogen-bond acceptors (Lipinski definition) is 0. The Morgan fingerprint density at radius 3 is 2.11 bits per heavy atom. The summed E-state index contributed by atoms with van der Waals surface area (Å²) in [4.78, 5) is 0. The largest absolute Gasteiger partial charge is 0.0803 e. The van der Waals surface area contributed by atoms with E-state index >= 15 is 0 Å². The van der Waals surface area contributed by atoms with Gasteiger partial charge in [0.1, 0.15) is 0 Å². The summed E-state index contributed by atoms with van der Waals surface area (Å²) in [6.07, 6.45) is 1.10. The molecule has 0 heterocycles. The lowest BCUT2D eigenvalue weighted by Gasteiger charge is -2.46. The Morgan fingerprint density at radius 2 is 1.56 bits per heavy atom. The molecule has 0 aromatic heterocycles. The van der Waals surface area contributed by atoms with Crippen molar-refractivity contribution in [3.05, 3.63) is 34.9 Å². The molecule has 0 saturated heterocycles. The predicted octanol–water partition coefficient (Wildman–Crippen LogP) is 0.864. The van der Waals surface area contributed by atoms with Crippen LogP contribution in [0.1, 0.15) is 43.4 Å². The van der Waals surface area contributed by atoms with Gasteiger partial charge in [0.2, 0.25) is 0 Å². The van der Waals surface area contributed by atoms with Crippen LogP contribution in [0.2, 0.25) is 0 Å². The lowest BCUT2D eigenvalue weighted by atomic mass is 9.36. The van der Waals surface area contributed by atoms with Crippen molar-refractivity contribution in [3.63, 3.8) is 0 Å². The molecular formula is C13H13B5. The fourth-order valence-electron chi connectivity index (χ4n) is 2.65. The highest BCUT2D eigenvalue weighted by molar-refractivity contribution is 6.44. The minimum Gasteiger partial charge on any atom is -0.0753 e. The molecule has 1 aliphatic carbocycles. The third-order valence-corrected chi connectivity index (χ3v) is 3.68. The molecule has 1 aromatic rings. The zero-order valence-electron chi connectivity index (χ0n) is 11.0. The Labute approximate surface area is 117 Å². The van der Waals surface area contributed by atoms with Gasteiger partial charge in [-0.05, 0) is 10.9 Å². The van der Waals surface area contributed by atoms with Gasteiger partial charge in [-0.15, -0.1) is 0 Å². The van der Waals surface area contributed by atoms with E-state index < -0.39 is 15.7 Å². The molecule has 1 aliphatic rings. The number of hydrogen-bond donors (Lipinski definition) is 0. The molecule has 10 radical (unpaired) electrons. The highest BCUT2D eigenvalue weighted by Crippen LogP contribution is 2.44. The van der Waals surface area contributed by atoms with Gasteiger partial charge >= 0.3 is 0 Å². The average Bonchev–Trinajstić information content (AvgIpc) is 2.23. The Hall–Kier alpha value is -0.455. The second-order valence-corrected chi connectivity index (χ2v) is 6.03. The summed E-state index contributed by atoms with van der Waals surface area (Å²) in [7, 11) is 30.9. The maximum atomic E-state index is 6.22. The summed E-state index contributed by atoms with van der Waals surface area (Å²) >= 11 is 0. The van der Waals surface area contributed by atoms with Crippen LogP contribution >= 0.6 is 0 Å². The van der Waals surface area contributed by atoms with Crippen LogP contribution in [-0.2, 0) is 15.7 Å². The standard InChI is InChI=1S/C13H13B5/c1-11(2,14)8-4-3-5-9-10(8)13(17,18)7-6-12(9,15)16/h3-5H,6-7H2,1-2H3. The summed E-state index contributed by atoms with van der Waals surface area (Å²) in [5, 5.41) is -2.35. The Bertz CT molecular complexity index is 457. The molecule has 18 heavy (non-hydrogen) atoms. The Morgan fingerprint density at radius 1 is 1.00 bits per heavy atom. The fourth-order valence-corrected chi connectivity index (χ4v) is 2.65. The molecule has 0 spiro atoms. The van der Waals surface area contributed by atoms with Crippen LogP contribution < -0.4 is 0 Å². The first-order valence-electron chi connectivity index (χ1n) is 6.14. The third kappa shape index (κ3) is 2.21. The quantitative estimate of drug-likeness (QED) is 0.620. The van der Waals surface area contributed by atoms with Crippen molar-refractivity contribution in [1.82, 2.24) is 0 Å². The lowest BCUT2D eigenvalue weighted by molar-refractivity contribution is 0.561. The molecule has 1 aromatic carbocycles. The van der Waals surface area contributed by atoms with Crippen LogP contribution in [-0.4, -0.2) is 39.2 Å². The maximum absolute atomic E-state index is 6.22. The molecule has 0 N–H and O–H groups in total.